The zero-order valence-corrected chi connectivity index (χ0v) is 14.2. The van der Waals surface area contributed by atoms with Crippen molar-refractivity contribution in [2.75, 3.05) is 11.9 Å². The monoisotopic (exact) mass is 359 g/mol. The number of hydrogen-bond acceptors (Lipinski definition) is 4. The summed E-state index contributed by atoms with van der Waals surface area (Å²) in [6, 6.07) is 10.0. The lowest BCUT2D eigenvalue weighted by molar-refractivity contribution is -0.118. The average Bonchev–Trinajstić information content (AvgIpc) is 3.09. The zero-order chi connectivity index (χ0) is 17.8. The van der Waals surface area contributed by atoms with Crippen LogP contribution in [-0.4, -0.2) is 22.9 Å². The Morgan fingerprint density at radius 1 is 1.20 bits per heavy atom. The molecule has 0 aliphatic rings. The van der Waals surface area contributed by atoms with E-state index in [4.69, 9.17) is 16.0 Å². The fraction of sp³-hybridized carbons (Fsp3) is 0.167. The van der Waals surface area contributed by atoms with Crippen molar-refractivity contribution in [3.05, 3.63) is 65.5 Å². The molecule has 0 spiro atoms. The first-order valence-corrected chi connectivity index (χ1v) is 8.00. The summed E-state index contributed by atoms with van der Waals surface area (Å²) in [6.45, 7) is 0. The highest BCUT2D eigenvalue weighted by Crippen LogP contribution is 2.28. The molecule has 2 aromatic heterocycles. The van der Waals surface area contributed by atoms with Gasteiger partial charge in [-0.1, -0.05) is 23.7 Å². The molecule has 1 amide bonds. The first-order chi connectivity index (χ1) is 12.0. The summed E-state index contributed by atoms with van der Waals surface area (Å²) >= 11 is 6.13. The van der Waals surface area contributed by atoms with Gasteiger partial charge in [-0.25, -0.2) is 14.4 Å². The van der Waals surface area contributed by atoms with Crippen LogP contribution >= 0.6 is 11.6 Å². The quantitative estimate of drug-likeness (QED) is 0.687. The van der Waals surface area contributed by atoms with Crippen molar-refractivity contribution >= 4 is 23.3 Å². The molecular weight excluding hydrogens is 345 g/mol. The van der Waals surface area contributed by atoms with E-state index < -0.39 is 5.82 Å². The lowest BCUT2D eigenvalue weighted by Gasteiger charge is -2.15. The van der Waals surface area contributed by atoms with Gasteiger partial charge in [0.05, 0.1) is 17.4 Å². The van der Waals surface area contributed by atoms with Gasteiger partial charge in [0.15, 0.2) is 11.7 Å². The van der Waals surface area contributed by atoms with Crippen molar-refractivity contribution in [1.29, 1.82) is 0 Å². The Bertz CT molecular complexity index is 880. The molecule has 0 aliphatic heterocycles. The first kappa shape index (κ1) is 17.1. The predicted octanol–water partition coefficient (Wildman–Crippen LogP) is 4.12. The SMILES string of the molecule is CN(C(=O)CCc1ncc(-c2ccccc2Cl)o1)c1ccc(F)cn1. The van der Waals surface area contributed by atoms with E-state index in [1.807, 2.05) is 18.2 Å². The summed E-state index contributed by atoms with van der Waals surface area (Å²) in [7, 11) is 1.59. The minimum atomic E-state index is -0.448. The van der Waals surface area contributed by atoms with E-state index in [9.17, 15) is 9.18 Å². The number of anilines is 1. The number of rotatable bonds is 5. The Balaban J connectivity index is 1.63. The number of benzene rings is 1. The summed E-state index contributed by atoms with van der Waals surface area (Å²) in [5.41, 5.74) is 0.752. The van der Waals surface area contributed by atoms with Crippen LogP contribution in [0, 0.1) is 5.82 Å². The minimum absolute atomic E-state index is 0.170. The second-order valence-corrected chi connectivity index (χ2v) is 5.79. The molecule has 0 aliphatic carbocycles. The van der Waals surface area contributed by atoms with Crippen LogP contribution in [0.25, 0.3) is 11.3 Å². The van der Waals surface area contributed by atoms with Crippen LogP contribution in [-0.2, 0) is 11.2 Å². The number of oxazole rings is 1. The molecule has 0 saturated carbocycles. The summed E-state index contributed by atoms with van der Waals surface area (Å²) in [5, 5.41) is 0.573. The highest BCUT2D eigenvalue weighted by Gasteiger charge is 2.15. The maximum atomic E-state index is 12.9. The van der Waals surface area contributed by atoms with Crippen molar-refractivity contribution in [3.63, 3.8) is 0 Å². The van der Waals surface area contributed by atoms with E-state index in [0.29, 0.717) is 28.9 Å². The molecule has 0 radical (unpaired) electrons. The van der Waals surface area contributed by atoms with Gasteiger partial charge in [0, 0.05) is 25.5 Å². The second-order valence-electron chi connectivity index (χ2n) is 5.39. The van der Waals surface area contributed by atoms with Crippen molar-refractivity contribution < 1.29 is 13.6 Å². The van der Waals surface area contributed by atoms with Crippen molar-refractivity contribution in [1.82, 2.24) is 9.97 Å². The Morgan fingerprint density at radius 3 is 2.72 bits per heavy atom. The third-order valence-corrected chi connectivity index (χ3v) is 4.00. The van der Waals surface area contributed by atoms with Gasteiger partial charge >= 0.3 is 0 Å². The van der Waals surface area contributed by atoms with Crippen molar-refractivity contribution in [3.8, 4) is 11.3 Å². The number of hydrogen-bond donors (Lipinski definition) is 0. The number of aromatic nitrogens is 2. The molecule has 5 nitrogen and oxygen atoms in total. The van der Waals surface area contributed by atoms with Gasteiger partial charge in [-0.2, -0.15) is 0 Å². The van der Waals surface area contributed by atoms with E-state index in [1.165, 1.54) is 17.0 Å². The number of nitrogens with zero attached hydrogens (tertiary/aromatic N) is 3. The standard InChI is InChI=1S/C18H15ClFN3O2/c1-23(16-7-6-12(20)10-21-16)18(24)9-8-17-22-11-15(25-17)13-4-2-3-5-14(13)19/h2-7,10-11H,8-9H2,1H3. The van der Waals surface area contributed by atoms with E-state index in [0.717, 1.165) is 11.8 Å². The number of aryl methyl sites for hydroxylation is 1. The summed E-state index contributed by atoms with van der Waals surface area (Å²) in [4.78, 5) is 21.7. The van der Waals surface area contributed by atoms with Crippen molar-refractivity contribution in [2.24, 2.45) is 0 Å². The average molecular weight is 360 g/mol. The van der Waals surface area contributed by atoms with E-state index in [2.05, 4.69) is 9.97 Å². The smallest absolute Gasteiger partial charge is 0.228 e. The molecule has 25 heavy (non-hydrogen) atoms. The molecule has 3 aromatic rings. The fourth-order valence-corrected chi connectivity index (χ4v) is 2.52. The van der Waals surface area contributed by atoms with Crippen LogP contribution in [0.5, 0.6) is 0 Å². The normalized spacial score (nSPS) is 10.7. The lowest BCUT2D eigenvalue weighted by atomic mass is 10.2. The number of pyridine rings is 1. The van der Waals surface area contributed by atoms with Gasteiger partial charge in [-0.3, -0.25) is 9.69 Å². The van der Waals surface area contributed by atoms with E-state index >= 15 is 0 Å². The third-order valence-electron chi connectivity index (χ3n) is 3.68. The summed E-state index contributed by atoms with van der Waals surface area (Å²) < 4.78 is 18.6. The molecule has 0 saturated heterocycles. The number of carbonyl (C=O) groups excluding carboxylic acids is 1. The predicted molar refractivity (Wildman–Crippen MR) is 92.9 cm³/mol. The van der Waals surface area contributed by atoms with Gasteiger partial charge in [0.25, 0.3) is 0 Å². The molecule has 3 rings (SSSR count). The zero-order valence-electron chi connectivity index (χ0n) is 13.4. The highest BCUT2D eigenvalue weighted by atomic mass is 35.5. The number of amides is 1. The molecule has 7 heteroatoms. The second kappa shape index (κ2) is 7.44. The Labute approximate surface area is 149 Å². The van der Waals surface area contributed by atoms with Gasteiger partial charge in [0.1, 0.15) is 11.6 Å². The molecule has 0 bridgehead atoms. The topological polar surface area (TPSA) is 59.2 Å². The molecule has 0 unspecified atom stereocenters. The maximum absolute atomic E-state index is 12.9. The Kier molecular flexibility index (Phi) is 5.09. The summed E-state index contributed by atoms with van der Waals surface area (Å²) in [5.74, 6) is 0.772. The van der Waals surface area contributed by atoms with Gasteiger partial charge in [-0.15, -0.1) is 0 Å². The van der Waals surface area contributed by atoms with Crippen LogP contribution in [0.2, 0.25) is 5.02 Å². The summed E-state index contributed by atoms with van der Waals surface area (Å²) in [6.07, 6.45) is 3.20. The molecule has 128 valence electrons. The lowest BCUT2D eigenvalue weighted by Crippen LogP contribution is -2.27. The maximum Gasteiger partial charge on any atom is 0.228 e. The minimum Gasteiger partial charge on any atom is -0.441 e. The van der Waals surface area contributed by atoms with Crippen LogP contribution in [0.4, 0.5) is 10.2 Å². The van der Waals surface area contributed by atoms with Gasteiger partial charge in [0.2, 0.25) is 5.91 Å². The first-order valence-electron chi connectivity index (χ1n) is 7.62. The Hall–Kier alpha value is -2.73. The van der Waals surface area contributed by atoms with Crippen LogP contribution in [0.1, 0.15) is 12.3 Å². The fourth-order valence-electron chi connectivity index (χ4n) is 2.29. The molecule has 0 N–H and O–H groups in total. The van der Waals surface area contributed by atoms with Crippen molar-refractivity contribution in [2.45, 2.75) is 12.8 Å². The van der Waals surface area contributed by atoms with E-state index in [-0.39, 0.29) is 12.3 Å². The molecule has 0 fully saturated rings. The molecular formula is C18H15ClFN3O2. The van der Waals surface area contributed by atoms with E-state index in [1.54, 1.807) is 19.3 Å². The highest BCUT2D eigenvalue weighted by molar-refractivity contribution is 6.33. The molecule has 0 atom stereocenters. The third kappa shape index (κ3) is 4.03. The van der Waals surface area contributed by atoms with Gasteiger partial charge in [-0.05, 0) is 24.3 Å². The number of carbonyl (C=O) groups is 1. The number of halogens is 2. The molecule has 2 heterocycles. The Morgan fingerprint density at radius 2 is 2.00 bits per heavy atom. The van der Waals surface area contributed by atoms with Crippen LogP contribution in [0.3, 0.4) is 0 Å². The largest absolute Gasteiger partial charge is 0.441 e. The molecule has 1 aromatic carbocycles. The van der Waals surface area contributed by atoms with Crippen LogP contribution < -0.4 is 4.90 Å². The van der Waals surface area contributed by atoms with Gasteiger partial charge < -0.3 is 4.42 Å². The van der Waals surface area contributed by atoms with Crippen LogP contribution in [0.15, 0.2) is 53.2 Å².